The van der Waals surface area contributed by atoms with E-state index in [-0.39, 0.29) is 0 Å². The zero-order valence-electron chi connectivity index (χ0n) is 9.28. The normalized spacial score (nSPS) is 10.4. The van der Waals surface area contributed by atoms with E-state index in [1.807, 2.05) is 0 Å². The van der Waals surface area contributed by atoms with Crippen molar-refractivity contribution < 1.29 is 9.47 Å². The molecule has 0 atom stereocenters. The molecule has 0 aliphatic heterocycles. The first-order chi connectivity index (χ1) is 7.84. The number of halogens is 1. The lowest BCUT2D eigenvalue weighted by molar-refractivity contribution is 0.0705. The molecule has 0 unspecified atom stereocenters. The maximum Gasteiger partial charge on any atom is 0.143 e. The van der Waals surface area contributed by atoms with Crippen molar-refractivity contribution in [1.82, 2.24) is 9.97 Å². The summed E-state index contributed by atoms with van der Waals surface area (Å²) in [5, 5.41) is 3.19. The first kappa shape index (κ1) is 13.3. The van der Waals surface area contributed by atoms with Crippen molar-refractivity contribution in [1.29, 1.82) is 0 Å². The number of anilines is 1. The number of hydrogen-bond donors (Lipinski definition) is 1. The second kappa shape index (κ2) is 8.43. The molecule has 0 amide bonds. The van der Waals surface area contributed by atoms with Crippen LogP contribution in [0.15, 0.2) is 17.0 Å². The van der Waals surface area contributed by atoms with Crippen molar-refractivity contribution in [3.63, 3.8) is 0 Å². The van der Waals surface area contributed by atoms with Crippen LogP contribution in [-0.2, 0) is 9.47 Å². The molecule has 0 fully saturated rings. The molecule has 90 valence electrons. The molecule has 0 radical (unpaired) electrons. The van der Waals surface area contributed by atoms with Gasteiger partial charge < -0.3 is 14.8 Å². The average Bonchev–Trinajstić information content (AvgIpc) is 2.30. The summed E-state index contributed by atoms with van der Waals surface area (Å²) in [5.41, 5.74) is 0. The van der Waals surface area contributed by atoms with Crippen molar-refractivity contribution in [3.8, 4) is 0 Å². The van der Waals surface area contributed by atoms with Gasteiger partial charge >= 0.3 is 0 Å². The smallest absolute Gasteiger partial charge is 0.143 e. The highest BCUT2D eigenvalue weighted by molar-refractivity contribution is 9.10. The Morgan fingerprint density at radius 1 is 1.38 bits per heavy atom. The third kappa shape index (κ3) is 5.39. The Morgan fingerprint density at radius 3 is 3.00 bits per heavy atom. The number of ether oxygens (including phenoxy) is 2. The SMILES string of the molecule is COCCOCCCNc1ncncc1Br. The fraction of sp³-hybridized carbons (Fsp3) is 0.600. The molecule has 0 spiro atoms. The lowest BCUT2D eigenvalue weighted by atomic mass is 10.4. The number of nitrogens with one attached hydrogen (secondary N) is 1. The van der Waals surface area contributed by atoms with E-state index in [4.69, 9.17) is 9.47 Å². The molecule has 1 aromatic rings. The van der Waals surface area contributed by atoms with Crippen molar-refractivity contribution in [2.24, 2.45) is 0 Å². The highest BCUT2D eigenvalue weighted by Crippen LogP contribution is 2.16. The minimum absolute atomic E-state index is 0.644. The van der Waals surface area contributed by atoms with Gasteiger partial charge in [0.1, 0.15) is 12.1 Å². The predicted octanol–water partition coefficient (Wildman–Crippen LogP) is 1.70. The topological polar surface area (TPSA) is 56.3 Å². The quantitative estimate of drug-likeness (QED) is 0.739. The second-order valence-electron chi connectivity index (χ2n) is 3.10. The van der Waals surface area contributed by atoms with Crippen LogP contribution in [0.1, 0.15) is 6.42 Å². The van der Waals surface area contributed by atoms with Crippen LogP contribution in [0.25, 0.3) is 0 Å². The van der Waals surface area contributed by atoms with Gasteiger partial charge in [-0.05, 0) is 22.4 Å². The molecule has 0 saturated carbocycles. The third-order valence-electron chi connectivity index (χ3n) is 1.86. The van der Waals surface area contributed by atoms with Gasteiger partial charge in [-0.1, -0.05) is 0 Å². The number of methoxy groups -OCH3 is 1. The van der Waals surface area contributed by atoms with E-state index in [9.17, 15) is 0 Å². The number of hydrogen-bond acceptors (Lipinski definition) is 5. The van der Waals surface area contributed by atoms with Gasteiger partial charge in [0.25, 0.3) is 0 Å². The van der Waals surface area contributed by atoms with Crippen molar-refractivity contribution in [2.75, 3.05) is 38.8 Å². The van der Waals surface area contributed by atoms with Crippen LogP contribution in [0.2, 0.25) is 0 Å². The third-order valence-corrected chi connectivity index (χ3v) is 2.44. The largest absolute Gasteiger partial charge is 0.382 e. The maximum absolute atomic E-state index is 5.33. The molecular weight excluding hydrogens is 274 g/mol. The van der Waals surface area contributed by atoms with E-state index in [0.29, 0.717) is 13.2 Å². The van der Waals surface area contributed by atoms with Crippen molar-refractivity contribution >= 4 is 21.7 Å². The van der Waals surface area contributed by atoms with Crippen LogP contribution in [0.4, 0.5) is 5.82 Å². The maximum atomic E-state index is 5.33. The van der Waals surface area contributed by atoms with Crippen LogP contribution >= 0.6 is 15.9 Å². The Balaban J connectivity index is 2.05. The van der Waals surface area contributed by atoms with E-state index in [2.05, 4.69) is 31.2 Å². The summed E-state index contributed by atoms with van der Waals surface area (Å²) in [5.74, 6) is 0.812. The molecule has 0 aliphatic rings. The summed E-state index contributed by atoms with van der Waals surface area (Å²) in [7, 11) is 1.66. The molecule has 1 aromatic heterocycles. The minimum atomic E-state index is 0.644. The number of nitrogens with zero attached hydrogens (tertiary/aromatic N) is 2. The molecule has 0 aromatic carbocycles. The predicted molar refractivity (Wildman–Crippen MR) is 65.5 cm³/mol. The van der Waals surface area contributed by atoms with E-state index >= 15 is 0 Å². The molecule has 1 N–H and O–H groups in total. The van der Waals surface area contributed by atoms with Gasteiger partial charge in [0, 0.05) is 26.5 Å². The molecule has 1 rings (SSSR count). The van der Waals surface area contributed by atoms with Crippen molar-refractivity contribution in [3.05, 3.63) is 17.0 Å². The molecular formula is C10H16BrN3O2. The molecule has 16 heavy (non-hydrogen) atoms. The van der Waals surface area contributed by atoms with Crippen LogP contribution in [0, 0.1) is 0 Å². The Bertz CT molecular complexity index is 299. The fourth-order valence-corrected chi connectivity index (χ4v) is 1.43. The summed E-state index contributed by atoms with van der Waals surface area (Å²) in [6.07, 6.45) is 4.16. The molecule has 0 aliphatic carbocycles. The fourth-order valence-electron chi connectivity index (χ4n) is 1.07. The van der Waals surface area contributed by atoms with E-state index < -0.39 is 0 Å². The Hall–Kier alpha value is -0.720. The first-order valence-corrected chi connectivity index (χ1v) is 5.90. The van der Waals surface area contributed by atoms with Gasteiger partial charge in [0.2, 0.25) is 0 Å². The van der Waals surface area contributed by atoms with Gasteiger partial charge in [-0.15, -0.1) is 0 Å². The second-order valence-corrected chi connectivity index (χ2v) is 3.96. The highest BCUT2D eigenvalue weighted by atomic mass is 79.9. The Morgan fingerprint density at radius 2 is 2.25 bits per heavy atom. The van der Waals surface area contributed by atoms with E-state index in [1.165, 1.54) is 6.33 Å². The Labute approximate surface area is 104 Å². The number of aromatic nitrogens is 2. The zero-order chi connectivity index (χ0) is 11.6. The van der Waals surface area contributed by atoms with Gasteiger partial charge in [-0.2, -0.15) is 0 Å². The Kier molecular flexibility index (Phi) is 7.03. The molecule has 6 heteroatoms. The van der Waals surface area contributed by atoms with Crippen LogP contribution in [-0.4, -0.2) is 43.4 Å². The molecule has 1 heterocycles. The van der Waals surface area contributed by atoms with Crippen LogP contribution < -0.4 is 5.32 Å². The lowest BCUT2D eigenvalue weighted by Crippen LogP contribution is -2.09. The van der Waals surface area contributed by atoms with Crippen LogP contribution in [0.5, 0.6) is 0 Å². The summed E-state index contributed by atoms with van der Waals surface area (Å²) in [6.45, 7) is 2.83. The summed E-state index contributed by atoms with van der Waals surface area (Å²) in [4.78, 5) is 7.98. The first-order valence-electron chi connectivity index (χ1n) is 5.10. The summed E-state index contributed by atoms with van der Waals surface area (Å²) in [6, 6.07) is 0. The van der Waals surface area contributed by atoms with Crippen molar-refractivity contribution in [2.45, 2.75) is 6.42 Å². The number of rotatable bonds is 8. The average molecular weight is 290 g/mol. The standard InChI is InChI=1S/C10H16BrN3O2/c1-15-5-6-16-4-2-3-13-10-9(11)7-12-8-14-10/h7-8H,2-6H2,1H3,(H,12,13,14). The van der Waals surface area contributed by atoms with E-state index in [0.717, 1.165) is 29.9 Å². The minimum Gasteiger partial charge on any atom is -0.382 e. The van der Waals surface area contributed by atoms with Gasteiger partial charge in [0.05, 0.1) is 17.7 Å². The molecule has 0 saturated heterocycles. The zero-order valence-corrected chi connectivity index (χ0v) is 10.9. The summed E-state index contributed by atoms with van der Waals surface area (Å²) >= 11 is 3.36. The molecule has 5 nitrogen and oxygen atoms in total. The van der Waals surface area contributed by atoms with Gasteiger partial charge in [-0.25, -0.2) is 9.97 Å². The van der Waals surface area contributed by atoms with Gasteiger partial charge in [0.15, 0.2) is 0 Å². The monoisotopic (exact) mass is 289 g/mol. The van der Waals surface area contributed by atoms with Gasteiger partial charge in [-0.3, -0.25) is 0 Å². The summed E-state index contributed by atoms with van der Waals surface area (Å²) < 4.78 is 11.1. The van der Waals surface area contributed by atoms with Crippen LogP contribution in [0.3, 0.4) is 0 Å². The van der Waals surface area contributed by atoms with E-state index in [1.54, 1.807) is 13.3 Å². The lowest BCUT2D eigenvalue weighted by Gasteiger charge is -2.07. The molecule has 0 bridgehead atoms. The highest BCUT2D eigenvalue weighted by Gasteiger charge is 1.98.